The fourth-order valence-electron chi connectivity index (χ4n) is 2.26. The summed E-state index contributed by atoms with van der Waals surface area (Å²) in [4.78, 5) is 0. The van der Waals surface area contributed by atoms with Crippen LogP contribution in [0.2, 0.25) is 5.02 Å². The third-order valence-corrected chi connectivity index (χ3v) is 3.62. The highest BCUT2D eigenvalue weighted by Crippen LogP contribution is 2.37. The van der Waals surface area contributed by atoms with Crippen LogP contribution in [0.25, 0.3) is 0 Å². The summed E-state index contributed by atoms with van der Waals surface area (Å²) >= 11 is 12.3. The standard InChI is InChI=1S/C10H14Cl2N2/c1-14-10(9(12)6-13-14)7-3-2-4-8(11)5-7/h6-8H,2-5H2,1H3. The van der Waals surface area contributed by atoms with Crippen LogP contribution >= 0.6 is 23.2 Å². The lowest BCUT2D eigenvalue weighted by Crippen LogP contribution is -2.16. The van der Waals surface area contributed by atoms with Crippen LogP contribution < -0.4 is 0 Å². The lowest BCUT2D eigenvalue weighted by Gasteiger charge is -2.25. The minimum Gasteiger partial charge on any atom is -0.271 e. The second-order valence-electron chi connectivity index (χ2n) is 3.96. The molecule has 4 heteroatoms. The molecule has 2 rings (SSSR count). The van der Waals surface area contributed by atoms with Crippen LogP contribution in [-0.4, -0.2) is 15.2 Å². The van der Waals surface area contributed by atoms with Crippen molar-refractivity contribution < 1.29 is 0 Å². The number of rotatable bonds is 1. The molecule has 1 aromatic rings. The van der Waals surface area contributed by atoms with Gasteiger partial charge in [-0.1, -0.05) is 18.0 Å². The molecule has 78 valence electrons. The number of alkyl halides is 1. The second-order valence-corrected chi connectivity index (χ2v) is 4.99. The van der Waals surface area contributed by atoms with E-state index in [2.05, 4.69) is 5.10 Å². The lowest BCUT2D eigenvalue weighted by atomic mass is 9.86. The van der Waals surface area contributed by atoms with E-state index in [0.29, 0.717) is 11.3 Å². The summed E-state index contributed by atoms with van der Waals surface area (Å²) < 4.78 is 1.88. The molecule has 1 saturated carbocycles. The average molecular weight is 233 g/mol. The van der Waals surface area contributed by atoms with Crippen molar-refractivity contribution in [3.05, 3.63) is 16.9 Å². The van der Waals surface area contributed by atoms with Crippen molar-refractivity contribution in [3.63, 3.8) is 0 Å². The van der Waals surface area contributed by atoms with Crippen LogP contribution in [0.15, 0.2) is 6.20 Å². The first-order chi connectivity index (χ1) is 6.68. The lowest BCUT2D eigenvalue weighted by molar-refractivity contribution is 0.429. The number of hydrogen-bond donors (Lipinski definition) is 0. The highest BCUT2D eigenvalue weighted by atomic mass is 35.5. The van der Waals surface area contributed by atoms with Gasteiger partial charge in [-0.15, -0.1) is 11.6 Å². The van der Waals surface area contributed by atoms with Crippen LogP contribution in [0.3, 0.4) is 0 Å². The molecule has 0 bridgehead atoms. The largest absolute Gasteiger partial charge is 0.271 e. The Morgan fingerprint density at radius 2 is 2.29 bits per heavy atom. The maximum absolute atomic E-state index is 6.16. The van der Waals surface area contributed by atoms with E-state index in [0.717, 1.165) is 23.6 Å². The Morgan fingerprint density at radius 1 is 1.50 bits per heavy atom. The van der Waals surface area contributed by atoms with E-state index in [1.807, 2.05) is 11.7 Å². The van der Waals surface area contributed by atoms with E-state index >= 15 is 0 Å². The van der Waals surface area contributed by atoms with Crippen molar-refractivity contribution in [3.8, 4) is 0 Å². The molecule has 0 radical (unpaired) electrons. The number of nitrogens with zero attached hydrogens (tertiary/aromatic N) is 2. The first kappa shape index (κ1) is 10.3. The molecule has 2 nitrogen and oxygen atoms in total. The fraction of sp³-hybridized carbons (Fsp3) is 0.700. The van der Waals surface area contributed by atoms with Gasteiger partial charge in [-0.3, -0.25) is 4.68 Å². The van der Waals surface area contributed by atoms with Gasteiger partial charge in [0, 0.05) is 18.3 Å². The third kappa shape index (κ3) is 1.91. The predicted octanol–water partition coefficient (Wildman–Crippen LogP) is 3.34. The zero-order valence-corrected chi connectivity index (χ0v) is 9.72. The molecule has 1 aromatic heterocycles. The van der Waals surface area contributed by atoms with Gasteiger partial charge in [0.05, 0.1) is 16.9 Å². The van der Waals surface area contributed by atoms with Gasteiger partial charge in [0.2, 0.25) is 0 Å². The third-order valence-electron chi connectivity index (χ3n) is 2.93. The Balaban J connectivity index is 2.21. The topological polar surface area (TPSA) is 17.8 Å². The van der Waals surface area contributed by atoms with E-state index < -0.39 is 0 Å². The quantitative estimate of drug-likeness (QED) is 0.680. The Hall–Kier alpha value is -0.210. The maximum atomic E-state index is 6.16. The molecule has 0 aliphatic heterocycles. The summed E-state index contributed by atoms with van der Waals surface area (Å²) in [6.07, 6.45) is 6.26. The van der Waals surface area contributed by atoms with Crippen molar-refractivity contribution >= 4 is 23.2 Å². The van der Waals surface area contributed by atoms with Crippen molar-refractivity contribution in [1.82, 2.24) is 9.78 Å². The molecule has 0 N–H and O–H groups in total. The fourth-order valence-corrected chi connectivity index (χ4v) is 2.95. The summed E-state index contributed by atoms with van der Waals surface area (Å²) in [6.45, 7) is 0. The van der Waals surface area contributed by atoms with E-state index in [-0.39, 0.29) is 0 Å². The summed E-state index contributed by atoms with van der Waals surface area (Å²) in [7, 11) is 1.94. The smallest absolute Gasteiger partial charge is 0.0820 e. The van der Waals surface area contributed by atoms with Crippen molar-refractivity contribution in [2.75, 3.05) is 0 Å². The number of aryl methyl sites for hydroxylation is 1. The highest BCUT2D eigenvalue weighted by molar-refractivity contribution is 6.31. The molecule has 2 atom stereocenters. The van der Waals surface area contributed by atoms with Crippen molar-refractivity contribution in [2.45, 2.75) is 37.0 Å². The van der Waals surface area contributed by atoms with Crippen molar-refractivity contribution in [2.24, 2.45) is 7.05 Å². The average Bonchev–Trinajstić information content (AvgIpc) is 2.46. The van der Waals surface area contributed by atoms with Gasteiger partial charge >= 0.3 is 0 Å². The first-order valence-corrected chi connectivity index (χ1v) is 5.81. The minimum absolute atomic E-state index is 0.305. The first-order valence-electron chi connectivity index (χ1n) is 5.00. The molecule has 0 aromatic carbocycles. The van der Waals surface area contributed by atoms with Gasteiger partial charge in [0.25, 0.3) is 0 Å². The number of halogens is 2. The predicted molar refractivity (Wildman–Crippen MR) is 59.1 cm³/mol. The van der Waals surface area contributed by atoms with E-state index in [1.165, 1.54) is 12.8 Å². The van der Waals surface area contributed by atoms with Gasteiger partial charge in [0.1, 0.15) is 0 Å². The zero-order chi connectivity index (χ0) is 10.1. The minimum atomic E-state index is 0.305. The van der Waals surface area contributed by atoms with E-state index in [4.69, 9.17) is 23.2 Å². The van der Waals surface area contributed by atoms with Gasteiger partial charge in [-0.25, -0.2) is 0 Å². The monoisotopic (exact) mass is 232 g/mol. The molecular formula is C10H14Cl2N2. The van der Waals surface area contributed by atoms with Crippen LogP contribution in [0.4, 0.5) is 0 Å². The maximum Gasteiger partial charge on any atom is 0.0820 e. The second kappa shape index (κ2) is 4.11. The molecular weight excluding hydrogens is 219 g/mol. The van der Waals surface area contributed by atoms with Crippen LogP contribution in [0.1, 0.15) is 37.3 Å². The Kier molecular flexibility index (Phi) is 3.03. The molecule has 0 amide bonds. The Morgan fingerprint density at radius 3 is 2.86 bits per heavy atom. The van der Waals surface area contributed by atoms with Gasteiger partial charge in [-0.2, -0.15) is 5.10 Å². The van der Waals surface area contributed by atoms with Crippen LogP contribution in [0, 0.1) is 0 Å². The molecule has 1 aliphatic rings. The molecule has 1 heterocycles. The Labute approximate surface area is 94.2 Å². The molecule has 14 heavy (non-hydrogen) atoms. The van der Waals surface area contributed by atoms with E-state index in [1.54, 1.807) is 6.20 Å². The zero-order valence-electron chi connectivity index (χ0n) is 8.21. The van der Waals surface area contributed by atoms with Crippen molar-refractivity contribution in [1.29, 1.82) is 0 Å². The molecule has 0 spiro atoms. The molecule has 2 unspecified atom stereocenters. The van der Waals surface area contributed by atoms with Crippen LogP contribution in [0.5, 0.6) is 0 Å². The molecule has 0 saturated heterocycles. The molecule has 1 fully saturated rings. The SMILES string of the molecule is Cn1ncc(Cl)c1C1CCCC(Cl)C1. The van der Waals surface area contributed by atoms with Crippen LogP contribution in [-0.2, 0) is 7.05 Å². The normalized spacial score (nSPS) is 27.9. The van der Waals surface area contributed by atoms with Gasteiger partial charge < -0.3 is 0 Å². The van der Waals surface area contributed by atoms with E-state index in [9.17, 15) is 0 Å². The van der Waals surface area contributed by atoms with Gasteiger partial charge in [-0.05, 0) is 19.3 Å². The number of aromatic nitrogens is 2. The summed E-state index contributed by atoms with van der Waals surface area (Å²) in [5.41, 5.74) is 1.15. The summed E-state index contributed by atoms with van der Waals surface area (Å²) in [5, 5.41) is 5.24. The van der Waals surface area contributed by atoms with Gasteiger partial charge in [0.15, 0.2) is 0 Å². The summed E-state index contributed by atoms with van der Waals surface area (Å²) in [5.74, 6) is 0.492. The molecule has 1 aliphatic carbocycles. The number of hydrogen-bond acceptors (Lipinski definition) is 1. The highest BCUT2D eigenvalue weighted by Gasteiger charge is 2.25. The Bertz CT molecular complexity index is 302. The summed E-state index contributed by atoms with van der Waals surface area (Å²) in [6, 6.07) is 0.